The molecule has 11 heteroatoms. The highest BCUT2D eigenvalue weighted by molar-refractivity contribution is 7.11. The van der Waals surface area contributed by atoms with Gasteiger partial charge in [0.15, 0.2) is 11.5 Å². The van der Waals surface area contributed by atoms with Crippen molar-refractivity contribution in [3.8, 4) is 17.2 Å². The van der Waals surface area contributed by atoms with E-state index in [0.29, 0.717) is 56.5 Å². The van der Waals surface area contributed by atoms with Crippen molar-refractivity contribution in [3.05, 3.63) is 69.2 Å². The molecule has 0 saturated carbocycles. The van der Waals surface area contributed by atoms with Gasteiger partial charge in [-0.3, -0.25) is 14.5 Å². The van der Waals surface area contributed by atoms with Crippen molar-refractivity contribution in [1.29, 1.82) is 0 Å². The predicted molar refractivity (Wildman–Crippen MR) is 164 cm³/mol. The first-order valence-electron chi connectivity index (χ1n) is 14.6. The Morgan fingerprint density at radius 1 is 1.07 bits per heavy atom. The molecule has 43 heavy (non-hydrogen) atoms. The minimum absolute atomic E-state index is 0.0441. The Balaban J connectivity index is 1.41. The largest absolute Gasteiger partial charge is 0.493 e. The van der Waals surface area contributed by atoms with Crippen molar-refractivity contribution >= 4 is 23.2 Å². The molecule has 0 radical (unpaired) electrons. The number of nitrogens with one attached hydrogen (secondary N) is 1. The van der Waals surface area contributed by atoms with Crippen molar-refractivity contribution < 1.29 is 28.5 Å². The van der Waals surface area contributed by atoms with E-state index in [-0.39, 0.29) is 36.9 Å². The maximum absolute atomic E-state index is 13.4. The Kier molecular flexibility index (Phi) is 10.3. The van der Waals surface area contributed by atoms with E-state index in [9.17, 15) is 9.59 Å². The van der Waals surface area contributed by atoms with Crippen LogP contribution in [0.25, 0.3) is 0 Å². The molecule has 2 aliphatic heterocycles. The number of likely N-dealkylation sites (tertiary alicyclic amines) is 1. The summed E-state index contributed by atoms with van der Waals surface area (Å²) in [6.45, 7) is 7.07. The van der Waals surface area contributed by atoms with E-state index in [0.717, 1.165) is 28.4 Å². The number of thiazole rings is 1. The molecule has 1 fully saturated rings. The summed E-state index contributed by atoms with van der Waals surface area (Å²) < 4.78 is 23.5. The fraction of sp³-hybridized carbons (Fsp3) is 0.469. The fourth-order valence-electron chi connectivity index (χ4n) is 5.53. The number of aryl methyl sites for hydroxylation is 3. The standard InChI is InChI=1S/C32H40N4O6S/c1-21-30(43-22(2)33-21)18-35-16-26-29(17-35)41-20-24-6-5-7-25(14-24)42-28-15-23(8-10-27(28)40-4)9-11-32(38)36(12-13-39-3)19-31(37)34-26/h5-8,10,14-15,26,29H,9,11-13,16-20H2,1-4H3,(H,34,37)/t26-,29-/m0/s1. The van der Waals surface area contributed by atoms with Crippen LogP contribution in [0.1, 0.15) is 33.1 Å². The van der Waals surface area contributed by atoms with Gasteiger partial charge in [-0.2, -0.15) is 0 Å². The SMILES string of the molecule is COCCN1CC(=O)N[C@H]2CN(Cc3sc(C)nc3C)C[C@@H]2OCc2cccc(c2)Oc2cc(ccc2OC)CCC1=O. The van der Waals surface area contributed by atoms with Crippen LogP contribution < -0.4 is 14.8 Å². The monoisotopic (exact) mass is 608 g/mol. The molecule has 1 aromatic heterocycles. The molecule has 0 spiro atoms. The maximum Gasteiger partial charge on any atom is 0.239 e. The van der Waals surface area contributed by atoms with Gasteiger partial charge in [-0.15, -0.1) is 11.3 Å². The number of hydrogen-bond donors (Lipinski definition) is 1. The lowest BCUT2D eigenvalue weighted by Crippen LogP contribution is -2.49. The van der Waals surface area contributed by atoms with Crippen LogP contribution in [-0.2, 0) is 38.6 Å². The summed E-state index contributed by atoms with van der Waals surface area (Å²) in [6.07, 6.45) is 0.505. The van der Waals surface area contributed by atoms with Crippen LogP contribution in [-0.4, -0.2) is 85.7 Å². The highest BCUT2D eigenvalue weighted by atomic mass is 32.1. The van der Waals surface area contributed by atoms with E-state index in [1.165, 1.54) is 4.88 Å². The van der Waals surface area contributed by atoms with Crippen LogP contribution in [0.4, 0.5) is 0 Å². The minimum Gasteiger partial charge on any atom is -0.493 e. The predicted octanol–water partition coefficient (Wildman–Crippen LogP) is 3.87. The van der Waals surface area contributed by atoms with Gasteiger partial charge in [-0.25, -0.2) is 4.98 Å². The van der Waals surface area contributed by atoms with Gasteiger partial charge in [0.25, 0.3) is 0 Å². The Morgan fingerprint density at radius 2 is 1.93 bits per heavy atom. The van der Waals surface area contributed by atoms with Crippen molar-refractivity contribution in [1.82, 2.24) is 20.1 Å². The molecule has 3 heterocycles. The molecule has 2 atom stereocenters. The van der Waals surface area contributed by atoms with E-state index in [2.05, 4.69) is 15.2 Å². The number of carbonyl (C=O) groups excluding carboxylic acids is 2. The number of nitrogens with zero attached hydrogens (tertiary/aromatic N) is 3. The summed E-state index contributed by atoms with van der Waals surface area (Å²) in [4.78, 5) is 36.3. The minimum atomic E-state index is -0.235. The zero-order valence-electron chi connectivity index (χ0n) is 25.3. The topological polar surface area (TPSA) is 102 Å². The molecule has 3 aromatic rings. The molecular formula is C32H40N4O6S. The Hall–Kier alpha value is -3.51. The van der Waals surface area contributed by atoms with Crippen molar-refractivity contribution in [3.63, 3.8) is 0 Å². The molecule has 2 amide bonds. The van der Waals surface area contributed by atoms with E-state index >= 15 is 0 Å². The van der Waals surface area contributed by atoms with Gasteiger partial charge in [0.05, 0.1) is 49.7 Å². The van der Waals surface area contributed by atoms with Crippen molar-refractivity contribution in [2.45, 2.75) is 52.0 Å². The summed E-state index contributed by atoms with van der Waals surface area (Å²) >= 11 is 1.70. The fourth-order valence-corrected chi connectivity index (χ4v) is 6.51. The van der Waals surface area contributed by atoms with Crippen LogP contribution in [0.5, 0.6) is 17.2 Å². The lowest BCUT2D eigenvalue weighted by molar-refractivity contribution is -0.137. The molecule has 2 aromatic carbocycles. The van der Waals surface area contributed by atoms with Crippen molar-refractivity contribution in [2.24, 2.45) is 0 Å². The Morgan fingerprint density at radius 3 is 2.70 bits per heavy atom. The average Bonchev–Trinajstić information content (AvgIpc) is 3.52. The van der Waals surface area contributed by atoms with E-state index in [4.69, 9.17) is 18.9 Å². The number of amides is 2. The molecular weight excluding hydrogens is 568 g/mol. The third-order valence-corrected chi connectivity index (χ3v) is 8.81. The second kappa shape index (κ2) is 14.3. The number of rotatable bonds is 6. The summed E-state index contributed by atoms with van der Waals surface area (Å²) in [5, 5.41) is 4.22. The third-order valence-electron chi connectivity index (χ3n) is 7.75. The smallest absolute Gasteiger partial charge is 0.239 e. The van der Waals surface area contributed by atoms with Gasteiger partial charge in [-0.1, -0.05) is 18.2 Å². The first kappa shape index (κ1) is 30.9. The number of methoxy groups -OCH3 is 2. The maximum atomic E-state index is 13.4. The number of aromatic nitrogens is 1. The van der Waals surface area contributed by atoms with Crippen LogP contribution in [0.15, 0.2) is 42.5 Å². The molecule has 2 aliphatic rings. The molecule has 5 rings (SSSR count). The second-order valence-electron chi connectivity index (χ2n) is 11.0. The van der Waals surface area contributed by atoms with Gasteiger partial charge < -0.3 is 29.2 Å². The normalized spacial score (nSPS) is 20.1. The van der Waals surface area contributed by atoms with E-state index in [1.807, 2.05) is 56.3 Å². The number of hydrogen-bond acceptors (Lipinski definition) is 9. The number of ether oxygens (including phenoxy) is 4. The quantitative estimate of drug-likeness (QED) is 0.450. The lowest BCUT2D eigenvalue weighted by atomic mass is 10.1. The molecule has 1 saturated heterocycles. The van der Waals surface area contributed by atoms with Gasteiger partial charge in [0, 0.05) is 44.6 Å². The first-order chi connectivity index (χ1) is 20.8. The zero-order chi connectivity index (χ0) is 30.3. The molecule has 1 N–H and O–H groups in total. The summed E-state index contributed by atoms with van der Waals surface area (Å²) in [5.41, 5.74) is 2.93. The number of fused-ring (bicyclic) bond motifs is 5. The van der Waals surface area contributed by atoms with Crippen LogP contribution in [0.2, 0.25) is 0 Å². The molecule has 0 aliphatic carbocycles. The average molecular weight is 609 g/mol. The van der Waals surface area contributed by atoms with Gasteiger partial charge in [0.1, 0.15) is 5.75 Å². The summed E-state index contributed by atoms with van der Waals surface area (Å²) in [7, 11) is 3.19. The molecule has 0 unspecified atom stereocenters. The Labute approximate surface area is 256 Å². The second-order valence-corrected chi connectivity index (χ2v) is 12.3. The van der Waals surface area contributed by atoms with Gasteiger partial charge in [-0.05, 0) is 55.7 Å². The van der Waals surface area contributed by atoms with Crippen LogP contribution >= 0.6 is 11.3 Å². The molecule has 10 nitrogen and oxygen atoms in total. The number of carbonyl (C=O) groups is 2. The van der Waals surface area contributed by atoms with Gasteiger partial charge >= 0.3 is 0 Å². The highest BCUT2D eigenvalue weighted by Crippen LogP contribution is 2.33. The van der Waals surface area contributed by atoms with Gasteiger partial charge in [0.2, 0.25) is 11.8 Å². The number of benzene rings is 2. The summed E-state index contributed by atoms with van der Waals surface area (Å²) in [5.74, 6) is 1.51. The van der Waals surface area contributed by atoms with E-state index < -0.39 is 0 Å². The zero-order valence-corrected chi connectivity index (χ0v) is 26.1. The first-order valence-corrected chi connectivity index (χ1v) is 15.4. The molecule has 230 valence electrons. The molecule has 4 bridgehead atoms. The third kappa shape index (κ3) is 8.11. The lowest BCUT2D eigenvalue weighted by Gasteiger charge is -2.25. The van der Waals surface area contributed by atoms with Crippen LogP contribution in [0.3, 0.4) is 0 Å². The van der Waals surface area contributed by atoms with E-state index in [1.54, 1.807) is 30.5 Å². The van der Waals surface area contributed by atoms with Crippen molar-refractivity contribution in [2.75, 3.05) is 47.0 Å². The summed E-state index contributed by atoms with van der Waals surface area (Å²) in [6, 6.07) is 13.2. The Bertz CT molecular complexity index is 1430. The highest BCUT2D eigenvalue weighted by Gasteiger charge is 2.35. The van der Waals surface area contributed by atoms with Crippen LogP contribution in [0, 0.1) is 13.8 Å².